The molecule has 1 aliphatic rings. The first-order chi connectivity index (χ1) is 9.15. The molecule has 1 atom stereocenters. The molecule has 4 N–H and O–H groups in total. The second kappa shape index (κ2) is 6.68. The smallest absolute Gasteiger partial charge is 0.221 e. The number of rotatable bonds is 5. The quantitative estimate of drug-likeness (QED) is 0.723. The van der Waals surface area contributed by atoms with Gasteiger partial charge >= 0.3 is 0 Å². The Labute approximate surface area is 114 Å². The van der Waals surface area contributed by atoms with Gasteiger partial charge in [0, 0.05) is 24.8 Å². The molecule has 1 aliphatic heterocycles. The van der Waals surface area contributed by atoms with Crippen molar-refractivity contribution in [2.45, 2.75) is 32.3 Å². The molecular weight excluding hydrogens is 242 g/mol. The zero-order valence-electron chi connectivity index (χ0n) is 11.5. The van der Waals surface area contributed by atoms with Gasteiger partial charge in [0.25, 0.3) is 0 Å². The van der Waals surface area contributed by atoms with Crippen molar-refractivity contribution < 1.29 is 5.11 Å². The lowest BCUT2D eigenvalue weighted by molar-refractivity contribution is 0.109. The van der Waals surface area contributed by atoms with Crippen molar-refractivity contribution >= 4 is 11.8 Å². The number of piperidine rings is 1. The minimum Gasteiger partial charge on any atom is -0.390 e. The highest BCUT2D eigenvalue weighted by Gasteiger charge is 2.14. The molecule has 1 aromatic rings. The van der Waals surface area contributed by atoms with Crippen LogP contribution in [-0.2, 0) is 0 Å². The van der Waals surface area contributed by atoms with Crippen molar-refractivity contribution in [1.82, 2.24) is 14.9 Å². The molecule has 106 valence electrons. The number of hydrogen-bond acceptors (Lipinski definition) is 6. The Morgan fingerprint density at radius 3 is 2.89 bits per heavy atom. The summed E-state index contributed by atoms with van der Waals surface area (Å²) in [7, 11) is 0. The minimum atomic E-state index is -0.395. The average Bonchev–Trinajstić information content (AvgIpc) is 2.41. The van der Waals surface area contributed by atoms with Crippen molar-refractivity contribution in [3.8, 4) is 0 Å². The van der Waals surface area contributed by atoms with E-state index in [1.165, 1.54) is 19.3 Å². The van der Waals surface area contributed by atoms with Crippen molar-refractivity contribution in [2.75, 3.05) is 37.2 Å². The lowest BCUT2D eigenvalue weighted by Crippen LogP contribution is -2.39. The van der Waals surface area contributed by atoms with E-state index in [-0.39, 0.29) is 5.95 Å². The first-order valence-corrected chi connectivity index (χ1v) is 6.88. The molecule has 1 aromatic heterocycles. The SMILES string of the molecule is Cc1cnc(N)nc1NCC(O)CN1CCCCC1. The number of hydrogen-bond donors (Lipinski definition) is 3. The number of nitrogen functional groups attached to an aromatic ring is 1. The van der Waals surface area contributed by atoms with E-state index in [9.17, 15) is 5.11 Å². The highest BCUT2D eigenvalue weighted by atomic mass is 16.3. The van der Waals surface area contributed by atoms with Crippen LogP contribution >= 0.6 is 0 Å². The van der Waals surface area contributed by atoms with Crippen molar-refractivity contribution in [3.63, 3.8) is 0 Å². The van der Waals surface area contributed by atoms with Gasteiger partial charge in [-0.25, -0.2) is 4.98 Å². The Hall–Kier alpha value is -1.40. The molecule has 0 amide bonds. The summed E-state index contributed by atoms with van der Waals surface area (Å²) in [5.74, 6) is 0.948. The number of nitrogens with one attached hydrogen (secondary N) is 1. The van der Waals surface area contributed by atoms with Crippen LogP contribution in [0.1, 0.15) is 24.8 Å². The predicted molar refractivity (Wildman–Crippen MR) is 76.0 cm³/mol. The third-order valence-corrected chi connectivity index (χ3v) is 3.41. The van der Waals surface area contributed by atoms with Crippen LogP contribution in [0.5, 0.6) is 0 Å². The first-order valence-electron chi connectivity index (χ1n) is 6.88. The van der Waals surface area contributed by atoms with Crippen LogP contribution in [0, 0.1) is 6.92 Å². The second-order valence-electron chi connectivity index (χ2n) is 5.16. The maximum Gasteiger partial charge on any atom is 0.221 e. The highest BCUT2D eigenvalue weighted by Crippen LogP contribution is 2.12. The summed E-state index contributed by atoms with van der Waals surface area (Å²) in [6.45, 7) is 5.30. The third kappa shape index (κ3) is 4.33. The molecule has 6 heteroatoms. The van der Waals surface area contributed by atoms with Crippen molar-refractivity contribution in [3.05, 3.63) is 11.8 Å². The van der Waals surface area contributed by atoms with Crippen LogP contribution in [-0.4, -0.2) is 52.3 Å². The zero-order valence-corrected chi connectivity index (χ0v) is 11.5. The number of β-amino-alcohol motifs (C(OH)–C–C–N with tert-alkyl or cyclic N) is 1. The summed E-state index contributed by atoms with van der Waals surface area (Å²) < 4.78 is 0. The van der Waals surface area contributed by atoms with Crippen LogP contribution in [0.4, 0.5) is 11.8 Å². The molecule has 0 saturated carbocycles. The van der Waals surface area contributed by atoms with E-state index in [2.05, 4.69) is 20.2 Å². The van der Waals surface area contributed by atoms with Crippen LogP contribution in [0.3, 0.4) is 0 Å². The summed E-state index contributed by atoms with van der Waals surface area (Å²) in [5.41, 5.74) is 6.48. The molecule has 2 rings (SSSR count). The molecule has 6 nitrogen and oxygen atoms in total. The van der Waals surface area contributed by atoms with Gasteiger partial charge in [-0.05, 0) is 32.9 Å². The van der Waals surface area contributed by atoms with Gasteiger partial charge in [-0.15, -0.1) is 0 Å². The molecule has 1 fully saturated rings. The Balaban J connectivity index is 1.79. The molecule has 1 saturated heterocycles. The monoisotopic (exact) mass is 265 g/mol. The molecule has 1 unspecified atom stereocenters. The summed E-state index contributed by atoms with van der Waals surface area (Å²) in [5, 5.41) is 13.2. The lowest BCUT2D eigenvalue weighted by Gasteiger charge is -2.28. The van der Waals surface area contributed by atoms with Crippen LogP contribution in [0.2, 0.25) is 0 Å². The fraction of sp³-hybridized carbons (Fsp3) is 0.692. The van der Waals surface area contributed by atoms with E-state index in [4.69, 9.17) is 5.73 Å². The maximum atomic E-state index is 10.0. The Morgan fingerprint density at radius 1 is 1.42 bits per heavy atom. The van der Waals surface area contributed by atoms with Gasteiger partial charge in [-0.3, -0.25) is 0 Å². The molecule has 0 spiro atoms. The normalized spacial score (nSPS) is 18.2. The largest absolute Gasteiger partial charge is 0.390 e. The van der Waals surface area contributed by atoms with Crippen LogP contribution in [0.15, 0.2) is 6.20 Å². The number of anilines is 2. The van der Waals surface area contributed by atoms with E-state index in [0.717, 1.165) is 18.7 Å². The number of aliphatic hydroxyl groups excluding tert-OH is 1. The summed E-state index contributed by atoms with van der Waals surface area (Å²) in [4.78, 5) is 10.4. The summed E-state index contributed by atoms with van der Waals surface area (Å²) in [6.07, 6.45) is 5.07. The average molecular weight is 265 g/mol. The Kier molecular flexibility index (Phi) is 4.93. The Morgan fingerprint density at radius 2 is 2.16 bits per heavy atom. The van der Waals surface area contributed by atoms with Gasteiger partial charge in [-0.1, -0.05) is 6.42 Å². The molecule has 0 aromatic carbocycles. The topological polar surface area (TPSA) is 87.3 Å². The molecule has 0 bridgehead atoms. The number of aryl methyl sites for hydroxylation is 1. The van der Waals surface area contributed by atoms with Gasteiger partial charge in [0.2, 0.25) is 5.95 Å². The molecular formula is C13H23N5O. The number of aromatic nitrogens is 2. The fourth-order valence-corrected chi connectivity index (χ4v) is 2.35. The fourth-order valence-electron chi connectivity index (χ4n) is 2.35. The number of likely N-dealkylation sites (tertiary alicyclic amines) is 1. The minimum absolute atomic E-state index is 0.249. The van der Waals surface area contributed by atoms with Gasteiger partial charge < -0.3 is 21.1 Å². The van der Waals surface area contributed by atoms with Gasteiger partial charge in [0.1, 0.15) is 5.82 Å². The number of nitrogens with two attached hydrogens (primary N) is 1. The highest BCUT2D eigenvalue weighted by molar-refractivity contribution is 5.45. The molecule has 19 heavy (non-hydrogen) atoms. The number of aliphatic hydroxyl groups is 1. The van der Waals surface area contributed by atoms with Crippen LogP contribution in [0.25, 0.3) is 0 Å². The van der Waals surface area contributed by atoms with E-state index >= 15 is 0 Å². The van der Waals surface area contributed by atoms with E-state index in [1.807, 2.05) is 6.92 Å². The summed E-state index contributed by atoms with van der Waals surface area (Å²) in [6, 6.07) is 0. The second-order valence-corrected chi connectivity index (χ2v) is 5.16. The zero-order chi connectivity index (χ0) is 13.7. The standard InChI is InChI=1S/C13H23N5O/c1-10-7-16-13(14)17-12(10)15-8-11(19)9-18-5-3-2-4-6-18/h7,11,19H,2-6,8-9H2,1H3,(H3,14,15,16,17). The molecule has 0 aliphatic carbocycles. The van der Waals surface area contributed by atoms with E-state index in [1.54, 1.807) is 6.20 Å². The maximum absolute atomic E-state index is 10.0. The predicted octanol–water partition coefficient (Wildman–Crippen LogP) is 0.626. The van der Waals surface area contributed by atoms with Gasteiger partial charge in [-0.2, -0.15) is 4.98 Å². The van der Waals surface area contributed by atoms with Crippen LogP contribution < -0.4 is 11.1 Å². The molecule has 2 heterocycles. The summed E-state index contributed by atoms with van der Waals surface area (Å²) >= 11 is 0. The first kappa shape index (κ1) is 14.0. The lowest BCUT2D eigenvalue weighted by atomic mass is 10.1. The molecule has 0 radical (unpaired) electrons. The third-order valence-electron chi connectivity index (χ3n) is 3.41. The van der Waals surface area contributed by atoms with Gasteiger partial charge in [0.05, 0.1) is 6.10 Å². The Bertz CT molecular complexity index is 406. The number of nitrogens with zero attached hydrogens (tertiary/aromatic N) is 3. The van der Waals surface area contributed by atoms with E-state index in [0.29, 0.717) is 18.9 Å². The van der Waals surface area contributed by atoms with Crippen molar-refractivity contribution in [2.24, 2.45) is 0 Å². The van der Waals surface area contributed by atoms with Crippen molar-refractivity contribution in [1.29, 1.82) is 0 Å². The van der Waals surface area contributed by atoms with Gasteiger partial charge in [0.15, 0.2) is 0 Å². The van der Waals surface area contributed by atoms with E-state index < -0.39 is 6.10 Å².